The number of halogens is 4. The highest BCUT2D eigenvalue weighted by molar-refractivity contribution is 5.40. The van der Waals surface area contributed by atoms with Crippen LogP contribution in [0, 0.1) is 6.92 Å². The summed E-state index contributed by atoms with van der Waals surface area (Å²) in [4.78, 5) is 0. The predicted molar refractivity (Wildman–Crippen MR) is 71.5 cm³/mol. The topological polar surface area (TPSA) is 56.5 Å². The molecule has 0 aliphatic heterocycles. The van der Waals surface area contributed by atoms with E-state index in [4.69, 9.17) is 4.52 Å². The number of benzene rings is 1. The lowest BCUT2D eigenvalue weighted by atomic mass is 10.2. The van der Waals surface area contributed by atoms with E-state index < -0.39 is 13.2 Å². The molecule has 1 N–H and O–H groups in total. The maximum absolute atomic E-state index is 12.4. The smallest absolute Gasteiger partial charge is 0.387 e. The van der Waals surface area contributed by atoms with Gasteiger partial charge in [0.1, 0.15) is 17.3 Å². The van der Waals surface area contributed by atoms with E-state index >= 15 is 0 Å². The molecule has 1 heterocycles. The van der Waals surface area contributed by atoms with Crippen molar-refractivity contribution in [2.45, 2.75) is 33.2 Å². The first-order valence-corrected chi connectivity index (χ1v) is 6.59. The highest BCUT2D eigenvalue weighted by atomic mass is 19.3. The zero-order valence-electron chi connectivity index (χ0n) is 12.1. The third-order valence-electron chi connectivity index (χ3n) is 2.78. The van der Waals surface area contributed by atoms with Crippen LogP contribution in [0.25, 0.3) is 0 Å². The van der Waals surface area contributed by atoms with Crippen LogP contribution in [-0.4, -0.2) is 18.4 Å². The Hall–Kier alpha value is -2.29. The third kappa shape index (κ3) is 5.44. The Bertz CT molecular complexity index is 634. The van der Waals surface area contributed by atoms with E-state index in [2.05, 4.69) is 19.9 Å². The zero-order valence-corrected chi connectivity index (χ0v) is 12.1. The molecule has 2 rings (SSSR count). The predicted octanol–water partition coefficient (Wildman–Crippen LogP) is 3.48. The maximum atomic E-state index is 12.4. The van der Waals surface area contributed by atoms with E-state index in [0.29, 0.717) is 23.6 Å². The number of nitrogens with one attached hydrogen (secondary N) is 1. The summed E-state index contributed by atoms with van der Waals surface area (Å²) in [6.07, 6.45) is 0. The first-order valence-electron chi connectivity index (χ1n) is 6.59. The van der Waals surface area contributed by atoms with Crippen molar-refractivity contribution in [2.75, 3.05) is 0 Å². The van der Waals surface area contributed by atoms with Gasteiger partial charge in [-0.2, -0.15) is 17.6 Å². The van der Waals surface area contributed by atoms with Crippen LogP contribution in [0.3, 0.4) is 0 Å². The van der Waals surface area contributed by atoms with Gasteiger partial charge in [0.15, 0.2) is 0 Å². The maximum Gasteiger partial charge on any atom is 0.387 e. The summed E-state index contributed by atoms with van der Waals surface area (Å²) in [5.41, 5.74) is 1.02. The molecule has 23 heavy (non-hydrogen) atoms. The molecule has 0 radical (unpaired) electrons. The van der Waals surface area contributed by atoms with Crippen LogP contribution in [0.15, 0.2) is 28.8 Å². The van der Waals surface area contributed by atoms with E-state index in [1.54, 1.807) is 13.0 Å². The minimum Gasteiger partial charge on any atom is -0.435 e. The minimum atomic E-state index is -3.08. The van der Waals surface area contributed by atoms with Crippen LogP contribution < -0.4 is 14.8 Å². The van der Waals surface area contributed by atoms with Crippen molar-refractivity contribution >= 4 is 0 Å². The Morgan fingerprint density at radius 2 is 1.83 bits per heavy atom. The molecule has 0 amide bonds. The van der Waals surface area contributed by atoms with Crippen LogP contribution in [0.2, 0.25) is 0 Å². The van der Waals surface area contributed by atoms with Crippen molar-refractivity contribution in [3.8, 4) is 11.5 Å². The van der Waals surface area contributed by atoms with Crippen molar-refractivity contribution in [2.24, 2.45) is 0 Å². The second kappa shape index (κ2) is 7.82. The van der Waals surface area contributed by atoms with Gasteiger partial charge in [-0.05, 0) is 13.0 Å². The molecule has 0 fully saturated rings. The van der Waals surface area contributed by atoms with Crippen LogP contribution >= 0.6 is 0 Å². The Labute approximate surface area is 129 Å². The molecule has 0 atom stereocenters. The first kappa shape index (κ1) is 17.1. The Balaban J connectivity index is 2.03. The van der Waals surface area contributed by atoms with Crippen LogP contribution in [0.4, 0.5) is 17.6 Å². The zero-order chi connectivity index (χ0) is 16.8. The third-order valence-corrected chi connectivity index (χ3v) is 2.78. The molecular formula is C14H14F4N2O3. The monoisotopic (exact) mass is 334 g/mol. The standard InChI is InChI=1S/C14H14F4N2O3/c1-8-4-10(20-23-8)7-19-6-9-2-3-11(21-13(15)16)5-12(9)22-14(17)18/h2-5,13-14,19H,6-7H2,1H3. The number of ether oxygens (including phenoxy) is 2. The Morgan fingerprint density at radius 3 is 2.43 bits per heavy atom. The van der Waals surface area contributed by atoms with Crippen LogP contribution in [0.1, 0.15) is 17.0 Å². The number of rotatable bonds is 8. The lowest BCUT2D eigenvalue weighted by molar-refractivity contribution is -0.0546. The molecule has 0 bridgehead atoms. The largest absolute Gasteiger partial charge is 0.435 e. The molecular weight excluding hydrogens is 320 g/mol. The first-order chi connectivity index (χ1) is 10.9. The molecule has 5 nitrogen and oxygen atoms in total. The average Bonchev–Trinajstić information content (AvgIpc) is 2.85. The van der Waals surface area contributed by atoms with Crippen molar-refractivity contribution in [3.05, 3.63) is 41.3 Å². The van der Waals surface area contributed by atoms with E-state index in [1.807, 2.05) is 0 Å². The molecule has 1 aromatic heterocycles. The van der Waals surface area contributed by atoms with Crippen molar-refractivity contribution in [1.29, 1.82) is 0 Å². The number of hydrogen-bond acceptors (Lipinski definition) is 5. The van der Waals surface area contributed by atoms with Gasteiger partial charge in [0.05, 0.1) is 5.69 Å². The second-order valence-corrected chi connectivity index (χ2v) is 4.56. The normalized spacial score (nSPS) is 11.3. The summed E-state index contributed by atoms with van der Waals surface area (Å²) >= 11 is 0. The molecule has 0 aliphatic rings. The van der Waals surface area contributed by atoms with Gasteiger partial charge >= 0.3 is 13.2 Å². The molecule has 0 aliphatic carbocycles. The van der Waals surface area contributed by atoms with Crippen LogP contribution in [-0.2, 0) is 13.1 Å². The van der Waals surface area contributed by atoms with Gasteiger partial charge in [-0.25, -0.2) is 0 Å². The lowest BCUT2D eigenvalue weighted by Gasteiger charge is -2.13. The molecule has 126 valence electrons. The molecule has 1 aromatic carbocycles. The van der Waals surface area contributed by atoms with Gasteiger partial charge in [-0.15, -0.1) is 0 Å². The SMILES string of the molecule is Cc1cc(CNCc2ccc(OC(F)F)cc2OC(F)F)no1. The molecule has 0 unspecified atom stereocenters. The molecule has 2 aromatic rings. The molecule has 0 spiro atoms. The second-order valence-electron chi connectivity index (χ2n) is 4.56. The Kier molecular flexibility index (Phi) is 5.80. The summed E-state index contributed by atoms with van der Waals surface area (Å²) in [6.45, 7) is -3.86. The van der Waals surface area contributed by atoms with Gasteiger partial charge in [-0.3, -0.25) is 0 Å². The van der Waals surface area contributed by atoms with Gasteiger partial charge in [0.25, 0.3) is 0 Å². The molecule has 0 saturated heterocycles. The number of hydrogen-bond donors (Lipinski definition) is 1. The van der Waals surface area contributed by atoms with Gasteiger partial charge in [0, 0.05) is 30.8 Å². The summed E-state index contributed by atoms with van der Waals surface area (Å²) in [5.74, 6) is 0.158. The number of aryl methyl sites for hydroxylation is 1. The van der Waals surface area contributed by atoms with Gasteiger partial charge < -0.3 is 19.3 Å². The van der Waals surface area contributed by atoms with E-state index in [0.717, 1.165) is 6.07 Å². The van der Waals surface area contributed by atoms with Crippen molar-refractivity contribution in [3.63, 3.8) is 0 Å². The number of aromatic nitrogens is 1. The lowest BCUT2D eigenvalue weighted by Crippen LogP contribution is -2.15. The fourth-order valence-corrected chi connectivity index (χ4v) is 1.89. The van der Waals surface area contributed by atoms with Crippen molar-refractivity contribution < 1.29 is 31.6 Å². The van der Waals surface area contributed by atoms with E-state index in [-0.39, 0.29) is 18.0 Å². The average molecular weight is 334 g/mol. The quantitative estimate of drug-likeness (QED) is 0.749. The van der Waals surface area contributed by atoms with E-state index in [1.165, 1.54) is 12.1 Å². The summed E-state index contributed by atoms with van der Waals surface area (Å²) in [6, 6.07) is 5.34. The highest BCUT2D eigenvalue weighted by Gasteiger charge is 2.13. The fourth-order valence-electron chi connectivity index (χ4n) is 1.89. The Morgan fingerprint density at radius 1 is 1.09 bits per heavy atom. The van der Waals surface area contributed by atoms with Crippen LogP contribution in [0.5, 0.6) is 11.5 Å². The van der Waals surface area contributed by atoms with E-state index in [9.17, 15) is 17.6 Å². The fraction of sp³-hybridized carbons (Fsp3) is 0.357. The summed E-state index contributed by atoms with van der Waals surface area (Å²) in [7, 11) is 0. The highest BCUT2D eigenvalue weighted by Crippen LogP contribution is 2.27. The van der Waals surface area contributed by atoms with Crippen molar-refractivity contribution in [1.82, 2.24) is 10.5 Å². The minimum absolute atomic E-state index is 0.170. The molecule has 9 heteroatoms. The number of nitrogens with zero attached hydrogens (tertiary/aromatic N) is 1. The number of alkyl halides is 4. The summed E-state index contributed by atoms with van der Waals surface area (Å²) in [5, 5.41) is 6.74. The van der Waals surface area contributed by atoms with Gasteiger partial charge in [0.2, 0.25) is 0 Å². The van der Waals surface area contributed by atoms with Gasteiger partial charge in [-0.1, -0.05) is 11.2 Å². The molecule has 0 saturated carbocycles. The summed E-state index contributed by atoms with van der Waals surface area (Å²) < 4.78 is 62.6.